The molecule has 3 heterocycles. The molecule has 1 saturated heterocycles. The summed E-state index contributed by atoms with van der Waals surface area (Å²) >= 11 is 7.46. The van der Waals surface area contributed by atoms with Crippen molar-refractivity contribution in [1.82, 2.24) is 9.88 Å². The minimum Gasteiger partial charge on any atom is -0.353 e. The molecule has 8 heteroatoms. The standard InChI is InChI=1S/C22H21ClN4O2S/c1-15-2-4-16(5-3-15)21(28)25-17-6-7-19(24-14-17)26-9-11-27(12-10-26)22(29)20-18(23)8-13-30-20/h2-8,13-14H,9-12H2,1H3,(H,25,28). The molecule has 0 bridgehead atoms. The van der Waals surface area contributed by atoms with Crippen molar-refractivity contribution in [2.45, 2.75) is 6.92 Å². The SMILES string of the molecule is Cc1ccc(C(=O)Nc2ccc(N3CCN(C(=O)c4sccc4Cl)CC3)nc2)cc1. The van der Waals surface area contributed by atoms with E-state index in [4.69, 9.17) is 11.6 Å². The first-order valence-corrected chi connectivity index (χ1v) is 10.9. The van der Waals surface area contributed by atoms with E-state index in [9.17, 15) is 9.59 Å². The maximum absolute atomic E-state index is 12.6. The van der Waals surface area contributed by atoms with E-state index in [0.717, 1.165) is 11.4 Å². The molecule has 6 nitrogen and oxygen atoms in total. The van der Waals surface area contributed by atoms with E-state index in [1.807, 2.05) is 41.5 Å². The molecule has 1 aliphatic heterocycles. The number of benzene rings is 1. The van der Waals surface area contributed by atoms with Crippen molar-refractivity contribution in [3.05, 3.63) is 75.1 Å². The third-order valence-electron chi connectivity index (χ3n) is 5.02. The molecule has 4 rings (SSSR count). The molecule has 0 radical (unpaired) electrons. The Bertz CT molecular complexity index is 1040. The Morgan fingerprint density at radius 1 is 1.03 bits per heavy atom. The minimum absolute atomic E-state index is 0.0169. The highest BCUT2D eigenvalue weighted by atomic mass is 35.5. The van der Waals surface area contributed by atoms with Gasteiger partial charge in [0.25, 0.3) is 11.8 Å². The molecular formula is C22H21ClN4O2S. The van der Waals surface area contributed by atoms with Crippen LogP contribution in [0.5, 0.6) is 0 Å². The molecule has 1 aliphatic rings. The number of amides is 2. The summed E-state index contributed by atoms with van der Waals surface area (Å²) in [5.74, 6) is 0.644. The Labute approximate surface area is 184 Å². The molecule has 154 valence electrons. The number of pyridine rings is 1. The Morgan fingerprint density at radius 3 is 2.37 bits per heavy atom. The van der Waals surface area contributed by atoms with Crippen LogP contribution < -0.4 is 10.2 Å². The van der Waals surface area contributed by atoms with Crippen molar-refractivity contribution >= 4 is 46.3 Å². The minimum atomic E-state index is -0.163. The van der Waals surface area contributed by atoms with Crippen LogP contribution in [-0.2, 0) is 0 Å². The number of halogens is 1. The zero-order valence-electron chi connectivity index (χ0n) is 16.5. The number of carbonyl (C=O) groups is 2. The van der Waals surface area contributed by atoms with Crippen molar-refractivity contribution < 1.29 is 9.59 Å². The van der Waals surface area contributed by atoms with E-state index in [0.29, 0.717) is 47.3 Å². The average molecular weight is 441 g/mol. The summed E-state index contributed by atoms with van der Waals surface area (Å²) in [6.45, 7) is 4.59. The first-order chi connectivity index (χ1) is 14.5. The zero-order valence-corrected chi connectivity index (χ0v) is 18.0. The van der Waals surface area contributed by atoms with Crippen molar-refractivity contribution in [3.8, 4) is 0 Å². The van der Waals surface area contributed by atoms with Crippen molar-refractivity contribution in [3.63, 3.8) is 0 Å². The maximum atomic E-state index is 12.6. The Balaban J connectivity index is 1.33. The largest absolute Gasteiger partial charge is 0.353 e. The van der Waals surface area contributed by atoms with Crippen LogP contribution in [0.4, 0.5) is 11.5 Å². The smallest absolute Gasteiger partial charge is 0.265 e. The number of piperazine rings is 1. The average Bonchev–Trinajstić information content (AvgIpc) is 3.20. The lowest BCUT2D eigenvalue weighted by molar-refractivity contribution is 0.0751. The predicted molar refractivity (Wildman–Crippen MR) is 121 cm³/mol. The Morgan fingerprint density at radius 2 is 1.77 bits per heavy atom. The second kappa shape index (κ2) is 8.85. The molecule has 1 N–H and O–H groups in total. The summed E-state index contributed by atoms with van der Waals surface area (Å²) in [4.78, 5) is 34.0. The number of rotatable bonds is 4. The van der Waals surface area contributed by atoms with E-state index < -0.39 is 0 Å². The fourth-order valence-corrected chi connectivity index (χ4v) is 4.39. The zero-order chi connectivity index (χ0) is 21.1. The molecular weight excluding hydrogens is 420 g/mol. The highest BCUT2D eigenvalue weighted by molar-refractivity contribution is 7.12. The third-order valence-corrected chi connectivity index (χ3v) is 6.35. The van der Waals surface area contributed by atoms with Gasteiger partial charge in [0.1, 0.15) is 10.7 Å². The normalized spacial score (nSPS) is 13.9. The quantitative estimate of drug-likeness (QED) is 0.656. The van der Waals surface area contributed by atoms with Crippen LogP contribution in [0.2, 0.25) is 5.02 Å². The monoisotopic (exact) mass is 440 g/mol. The second-order valence-corrected chi connectivity index (χ2v) is 8.43. The van der Waals surface area contributed by atoms with Crippen LogP contribution in [0.25, 0.3) is 0 Å². The van der Waals surface area contributed by atoms with Gasteiger partial charge in [-0.25, -0.2) is 4.98 Å². The fraction of sp³-hybridized carbons (Fsp3) is 0.227. The van der Waals surface area contributed by atoms with Crippen LogP contribution in [0.1, 0.15) is 25.6 Å². The van der Waals surface area contributed by atoms with Gasteiger partial charge in [-0.15, -0.1) is 11.3 Å². The van der Waals surface area contributed by atoms with Gasteiger partial charge in [-0.1, -0.05) is 29.3 Å². The molecule has 0 spiro atoms. The predicted octanol–water partition coefficient (Wildman–Crippen LogP) is 4.32. The number of aromatic nitrogens is 1. The molecule has 0 unspecified atom stereocenters. The highest BCUT2D eigenvalue weighted by Gasteiger charge is 2.25. The summed E-state index contributed by atoms with van der Waals surface area (Å²) in [6.07, 6.45) is 1.66. The number of hydrogen-bond acceptors (Lipinski definition) is 5. The van der Waals surface area contributed by atoms with E-state index >= 15 is 0 Å². The molecule has 2 aromatic heterocycles. The lowest BCUT2D eigenvalue weighted by Crippen LogP contribution is -2.48. The summed E-state index contributed by atoms with van der Waals surface area (Å²) in [6, 6.07) is 12.9. The van der Waals surface area contributed by atoms with Gasteiger partial charge in [-0.3, -0.25) is 9.59 Å². The van der Waals surface area contributed by atoms with E-state index in [1.165, 1.54) is 11.3 Å². The van der Waals surface area contributed by atoms with Crippen LogP contribution in [0.3, 0.4) is 0 Å². The van der Waals surface area contributed by atoms with E-state index in [2.05, 4.69) is 15.2 Å². The Kier molecular flexibility index (Phi) is 6.01. The number of thiophene rings is 1. The second-order valence-electron chi connectivity index (χ2n) is 7.10. The lowest BCUT2D eigenvalue weighted by Gasteiger charge is -2.35. The molecule has 0 aliphatic carbocycles. The first kappa shape index (κ1) is 20.4. The van der Waals surface area contributed by atoms with Gasteiger partial charge in [0.15, 0.2) is 0 Å². The van der Waals surface area contributed by atoms with Gasteiger partial charge in [-0.05, 0) is 42.6 Å². The molecule has 1 fully saturated rings. The Hall–Kier alpha value is -2.90. The lowest BCUT2D eigenvalue weighted by atomic mass is 10.1. The summed E-state index contributed by atoms with van der Waals surface area (Å²) in [7, 11) is 0. The van der Waals surface area contributed by atoms with Gasteiger partial charge in [0, 0.05) is 31.7 Å². The maximum Gasteiger partial charge on any atom is 0.265 e. The van der Waals surface area contributed by atoms with Gasteiger partial charge in [0.2, 0.25) is 0 Å². The number of carbonyl (C=O) groups excluding carboxylic acids is 2. The number of nitrogens with zero attached hydrogens (tertiary/aromatic N) is 3. The molecule has 0 saturated carbocycles. The topological polar surface area (TPSA) is 65.5 Å². The highest BCUT2D eigenvalue weighted by Crippen LogP contribution is 2.25. The van der Waals surface area contributed by atoms with Crippen LogP contribution in [-0.4, -0.2) is 47.9 Å². The molecule has 30 heavy (non-hydrogen) atoms. The van der Waals surface area contributed by atoms with Gasteiger partial charge >= 0.3 is 0 Å². The summed E-state index contributed by atoms with van der Waals surface area (Å²) in [5, 5.41) is 5.21. The molecule has 3 aromatic rings. The molecule has 1 aromatic carbocycles. The van der Waals surface area contributed by atoms with E-state index in [1.54, 1.807) is 24.4 Å². The molecule has 0 atom stereocenters. The summed E-state index contributed by atoms with van der Waals surface area (Å²) < 4.78 is 0. The first-order valence-electron chi connectivity index (χ1n) is 9.62. The number of anilines is 2. The fourth-order valence-electron chi connectivity index (χ4n) is 3.28. The van der Waals surface area contributed by atoms with Crippen LogP contribution >= 0.6 is 22.9 Å². The van der Waals surface area contributed by atoms with Crippen molar-refractivity contribution in [1.29, 1.82) is 0 Å². The molecule has 2 amide bonds. The van der Waals surface area contributed by atoms with Crippen molar-refractivity contribution in [2.75, 3.05) is 36.4 Å². The van der Waals surface area contributed by atoms with Crippen LogP contribution in [0.15, 0.2) is 54.0 Å². The van der Waals surface area contributed by atoms with E-state index in [-0.39, 0.29) is 11.8 Å². The summed E-state index contributed by atoms with van der Waals surface area (Å²) in [5.41, 5.74) is 2.36. The van der Waals surface area contributed by atoms with Crippen molar-refractivity contribution in [2.24, 2.45) is 0 Å². The number of nitrogens with one attached hydrogen (secondary N) is 1. The third kappa shape index (κ3) is 4.47. The number of hydrogen-bond donors (Lipinski definition) is 1. The van der Waals surface area contributed by atoms with Gasteiger partial charge < -0.3 is 15.1 Å². The van der Waals surface area contributed by atoms with Gasteiger partial charge in [-0.2, -0.15) is 0 Å². The van der Waals surface area contributed by atoms with Crippen LogP contribution in [0, 0.1) is 6.92 Å². The van der Waals surface area contributed by atoms with Gasteiger partial charge in [0.05, 0.1) is 16.9 Å². The number of aryl methyl sites for hydroxylation is 1.